The number of hydrogen-bond donors (Lipinski definition) is 2. The zero-order valence-corrected chi connectivity index (χ0v) is 11.7. The minimum Gasteiger partial charge on any atom is -0.380 e. The van der Waals surface area contributed by atoms with Gasteiger partial charge < -0.3 is 20.1 Å². The number of morpholine rings is 1. The van der Waals surface area contributed by atoms with Crippen molar-refractivity contribution in [3.8, 4) is 0 Å². The molecule has 1 aliphatic heterocycles. The lowest BCUT2D eigenvalue weighted by Gasteiger charge is -2.26. The molecule has 106 valence electrons. The predicted octanol–water partition coefficient (Wildman–Crippen LogP) is 0.542. The van der Waals surface area contributed by atoms with Gasteiger partial charge in [-0.2, -0.15) is 0 Å². The van der Waals surface area contributed by atoms with E-state index in [9.17, 15) is 4.79 Å². The van der Waals surface area contributed by atoms with Crippen LogP contribution in [0.5, 0.6) is 0 Å². The quantitative estimate of drug-likeness (QED) is 0.700. The highest BCUT2D eigenvalue weighted by Crippen LogP contribution is 2.04. The van der Waals surface area contributed by atoms with Crippen molar-refractivity contribution in [2.75, 3.05) is 33.0 Å². The molecular weight excluding hydrogens is 232 g/mol. The summed E-state index contributed by atoms with van der Waals surface area (Å²) in [4.78, 5) is 11.9. The van der Waals surface area contributed by atoms with Crippen LogP contribution in [0.25, 0.3) is 0 Å². The van der Waals surface area contributed by atoms with Crippen LogP contribution in [0.2, 0.25) is 0 Å². The monoisotopic (exact) mass is 258 g/mol. The van der Waals surface area contributed by atoms with Gasteiger partial charge in [0.2, 0.25) is 5.91 Å². The van der Waals surface area contributed by atoms with E-state index in [4.69, 9.17) is 9.47 Å². The highest BCUT2D eigenvalue weighted by molar-refractivity contribution is 5.77. The van der Waals surface area contributed by atoms with E-state index in [1.807, 2.05) is 6.92 Å². The second-order valence-electron chi connectivity index (χ2n) is 5.01. The summed E-state index contributed by atoms with van der Waals surface area (Å²) in [7, 11) is 0. The topological polar surface area (TPSA) is 59.6 Å². The fourth-order valence-electron chi connectivity index (χ4n) is 1.89. The molecule has 0 radical (unpaired) electrons. The van der Waals surface area contributed by atoms with Gasteiger partial charge in [0, 0.05) is 25.6 Å². The van der Waals surface area contributed by atoms with Gasteiger partial charge >= 0.3 is 0 Å². The number of carbonyl (C=O) groups is 1. The average molecular weight is 258 g/mol. The van der Waals surface area contributed by atoms with Crippen molar-refractivity contribution in [1.82, 2.24) is 10.6 Å². The molecule has 0 aromatic rings. The van der Waals surface area contributed by atoms with Crippen LogP contribution < -0.4 is 10.6 Å². The second-order valence-corrected chi connectivity index (χ2v) is 5.01. The minimum absolute atomic E-state index is 0.0661. The fraction of sp³-hybridized carbons (Fsp3) is 0.923. The van der Waals surface area contributed by atoms with Crippen LogP contribution in [-0.2, 0) is 14.3 Å². The first-order chi connectivity index (χ1) is 8.63. The highest BCUT2D eigenvalue weighted by Gasteiger charge is 2.20. The summed E-state index contributed by atoms with van der Waals surface area (Å²) in [5.41, 5.74) is 0. The van der Waals surface area contributed by atoms with E-state index in [2.05, 4.69) is 24.5 Å². The van der Waals surface area contributed by atoms with Crippen LogP contribution in [0.4, 0.5) is 0 Å². The third kappa shape index (κ3) is 5.80. The zero-order chi connectivity index (χ0) is 13.4. The summed E-state index contributed by atoms with van der Waals surface area (Å²) in [5, 5.41) is 6.32. The van der Waals surface area contributed by atoms with Crippen molar-refractivity contribution < 1.29 is 14.3 Å². The molecule has 2 N–H and O–H groups in total. The van der Waals surface area contributed by atoms with Gasteiger partial charge in [-0.3, -0.25) is 4.79 Å². The Morgan fingerprint density at radius 3 is 2.89 bits per heavy atom. The molecule has 0 aliphatic carbocycles. The lowest BCUT2D eigenvalue weighted by Crippen LogP contribution is -2.47. The lowest BCUT2D eigenvalue weighted by molar-refractivity contribution is -0.123. The molecule has 1 amide bonds. The van der Waals surface area contributed by atoms with E-state index >= 15 is 0 Å². The first-order valence-corrected chi connectivity index (χ1v) is 6.81. The Balaban J connectivity index is 2.30. The highest BCUT2D eigenvalue weighted by atomic mass is 16.5. The van der Waals surface area contributed by atoms with Gasteiger partial charge in [0.05, 0.1) is 25.9 Å². The van der Waals surface area contributed by atoms with Crippen molar-refractivity contribution in [3.63, 3.8) is 0 Å². The van der Waals surface area contributed by atoms with Gasteiger partial charge in [-0.05, 0) is 12.8 Å². The summed E-state index contributed by atoms with van der Waals surface area (Å²) in [6, 6.07) is 0.223. The molecule has 1 fully saturated rings. The summed E-state index contributed by atoms with van der Waals surface area (Å²) < 4.78 is 10.7. The maximum absolute atomic E-state index is 11.9. The summed E-state index contributed by atoms with van der Waals surface area (Å²) in [6.45, 7) is 9.57. The molecule has 1 saturated heterocycles. The molecule has 18 heavy (non-hydrogen) atoms. The van der Waals surface area contributed by atoms with E-state index in [1.165, 1.54) is 0 Å². The number of nitrogens with one attached hydrogen (secondary N) is 2. The van der Waals surface area contributed by atoms with E-state index < -0.39 is 0 Å². The Hall–Kier alpha value is -0.650. The summed E-state index contributed by atoms with van der Waals surface area (Å²) >= 11 is 0. The SMILES string of the molecule is CCOCC(NC(=O)CC1COCCN1)C(C)C. The van der Waals surface area contributed by atoms with E-state index in [0.29, 0.717) is 32.2 Å². The Labute approximate surface area is 110 Å². The largest absolute Gasteiger partial charge is 0.380 e. The molecular formula is C13H26N2O3. The maximum atomic E-state index is 11.9. The summed E-state index contributed by atoms with van der Waals surface area (Å²) in [5.74, 6) is 0.437. The molecule has 0 saturated carbocycles. The Morgan fingerprint density at radius 1 is 1.56 bits per heavy atom. The van der Waals surface area contributed by atoms with E-state index in [-0.39, 0.29) is 18.0 Å². The van der Waals surface area contributed by atoms with Crippen molar-refractivity contribution >= 4 is 5.91 Å². The van der Waals surface area contributed by atoms with Gasteiger partial charge in [-0.25, -0.2) is 0 Å². The number of carbonyl (C=O) groups excluding carboxylic acids is 1. The molecule has 0 aromatic heterocycles. The predicted molar refractivity (Wildman–Crippen MR) is 70.5 cm³/mol. The molecule has 5 nitrogen and oxygen atoms in total. The van der Waals surface area contributed by atoms with Crippen molar-refractivity contribution in [1.29, 1.82) is 0 Å². The van der Waals surface area contributed by atoms with Crippen molar-refractivity contribution in [2.45, 2.75) is 39.3 Å². The number of hydrogen-bond acceptors (Lipinski definition) is 4. The molecule has 1 rings (SSSR count). The Morgan fingerprint density at radius 2 is 2.33 bits per heavy atom. The fourth-order valence-corrected chi connectivity index (χ4v) is 1.89. The Bertz CT molecular complexity index is 240. The second kappa shape index (κ2) is 8.45. The standard InChI is InChI=1S/C13H26N2O3/c1-4-17-9-12(10(2)3)15-13(16)7-11-8-18-6-5-14-11/h10-12,14H,4-9H2,1-3H3,(H,15,16). The minimum atomic E-state index is 0.0661. The van der Waals surface area contributed by atoms with Gasteiger partial charge in [0.25, 0.3) is 0 Å². The molecule has 0 aromatic carbocycles. The van der Waals surface area contributed by atoms with Crippen LogP contribution in [0, 0.1) is 5.92 Å². The third-order valence-corrected chi connectivity index (χ3v) is 3.08. The molecule has 1 aliphatic rings. The normalized spacial score (nSPS) is 21.9. The molecule has 1 heterocycles. The van der Waals surface area contributed by atoms with Crippen LogP contribution in [0.1, 0.15) is 27.2 Å². The average Bonchev–Trinajstić information content (AvgIpc) is 2.35. The van der Waals surface area contributed by atoms with E-state index in [1.54, 1.807) is 0 Å². The van der Waals surface area contributed by atoms with Crippen molar-refractivity contribution in [2.24, 2.45) is 5.92 Å². The zero-order valence-electron chi connectivity index (χ0n) is 11.7. The van der Waals surface area contributed by atoms with Crippen LogP contribution >= 0.6 is 0 Å². The summed E-state index contributed by atoms with van der Waals surface area (Å²) in [6.07, 6.45) is 0.468. The van der Waals surface area contributed by atoms with Crippen LogP contribution in [-0.4, -0.2) is 51.0 Å². The maximum Gasteiger partial charge on any atom is 0.221 e. The molecule has 2 unspecified atom stereocenters. The smallest absolute Gasteiger partial charge is 0.221 e. The van der Waals surface area contributed by atoms with Gasteiger partial charge in [0.15, 0.2) is 0 Å². The lowest BCUT2D eigenvalue weighted by atomic mass is 10.0. The van der Waals surface area contributed by atoms with E-state index in [0.717, 1.165) is 13.2 Å². The van der Waals surface area contributed by atoms with Gasteiger partial charge in [-0.1, -0.05) is 13.8 Å². The molecule has 2 atom stereocenters. The van der Waals surface area contributed by atoms with Crippen LogP contribution in [0.15, 0.2) is 0 Å². The van der Waals surface area contributed by atoms with Crippen LogP contribution in [0.3, 0.4) is 0 Å². The molecule has 0 spiro atoms. The third-order valence-electron chi connectivity index (χ3n) is 3.08. The van der Waals surface area contributed by atoms with Gasteiger partial charge in [0.1, 0.15) is 0 Å². The molecule has 0 bridgehead atoms. The van der Waals surface area contributed by atoms with Crippen molar-refractivity contribution in [3.05, 3.63) is 0 Å². The first-order valence-electron chi connectivity index (χ1n) is 6.81. The number of rotatable bonds is 7. The molecule has 5 heteroatoms. The first kappa shape index (κ1) is 15.4. The Kier molecular flexibility index (Phi) is 7.23. The van der Waals surface area contributed by atoms with Gasteiger partial charge in [-0.15, -0.1) is 0 Å². The number of ether oxygens (including phenoxy) is 2. The number of amides is 1.